The quantitative estimate of drug-likeness (QED) is 0.659. The second kappa shape index (κ2) is 6.92. The van der Waals surface area contributed by atoms with Crippen LogP contribution in [-0.4, -0.2) is 25.9 Å². The molecule has 1 aromatic rings. The topological polar surface area (TPSA) is 61.4 Å². The summed E-state index contributed by atoms with van der Waals surface area (Å²) < 4.78 is 0. The first-order chi connectivity index (χ1) is 10.1. The molecular weight excluding hydrogens is 266 g/mol. The number of carbonyl (C=O) groups is 2. The Morgan fingerprint density at radius 1 is 1.19 bits per heavy atom. The van der Waals surface area contributed by atoms with Crippen LogP contribution in [0.1, 0.15) is 29.6 Å². The number of carbonyl (C=O) groups excluding carboxylic acids is 2. The molecule has 0 heterocycles. The van der Waals surface area contributed by atoms with E-state index in [1.807, 2.05) is 37.2 Å². The van der Waals surface area contributed by atoms with Gasteiger partial charge >= 0.3 is 0 Å². The number of allylic oxidation sites excluding steroid dienone is 2. The van der Waals surface area contributed by atoms with Gasteiger partial charge in [-0.05, 0) is 37.5 Å². The lowest BCUT2D eigenvalue weighted by Crippen LogP contribution is -2.44. The summed E-state index contributed by atoms with van der Waals surface area (Å²) in [5.41, 5.74) is 6.45. The molecule has 0 fully saturated rings. The molecule has 0 bridgehead atoms. The molecule has 0 saturated heterocycles. The highest BCUT2D eigenvalue weighted by Gasteiger charge is 2.19. The van der Waals surface area contributed by atoms with Crippen LogP contribution in [0, 0.1) is 5.92 Å². The van der Waals surface area contributed by atoms with Crippen molar-refractivity contribution in [3.8, 4) is 0 Å². The molecule has 112 valence electrons. The van der Waals surface area contributed by atoms with Crippen LogP contribution in [0.15, 0.2) is 36.4 Å². The van der Waals surface area contributed by atoms with E-state index in [1.54, 1.807) is 12.1 Å². The predicted octanol–water partition coefficient (Wildman–Crippen LogP) is 1.87. The van der Waals surface area contributed by atoms with Gasteiger partial charge in [0.2, 0.25) is 5.91 Å². The SMILES string of the molecule is CN(C)c1cccc(C(=O)NNC(=O)C2CC=CCC2)c1. The zero-order valence-corrected chi connectivity index (χ0v) is 12.4. The minimum Gasteiger partial charge on any atom is -0.378 e. The van der Waals surface area contributed by atoms with Crippen LogP contribution >= 0.6 is 0 Å². The Balaban J connectivity index is 1.91. The van der Waals surface area contributed by atoms with Gasteiger partial charge in [-0.1, -0.05) is 18.2 Å². The summed E-state index contributed by atoms with van der Waals surface area (Å²) in [5, 5.41) is 0. The molecule has 2 amide bonds. The van der Waals surface area contributed by atoms with Crippen molar-refractivity contribution in [1.82, 2.24) is 10.9 Å². The lowest BCUT2D eigenvalue weighted by Gasteiger charge is -2.18. The average Bonchev–Trinajstić information content (AvgIpc) is 2.53. The van der Waals surface area contributed by atoms with E-state index in [1.165, 1.54) is 0 Å². The highest BCUT2D eigenvalue weighted by Crippen LogP contribution is 2.17. The zero-order chi connectivity index (χ0) is 15.2. The number of rotatable bonds is 3. The van der Waals surface area contributed by atoms with Gasteiger partial charge in [0.15, 0.2) is 0 Å². The minimum absolute atomic E-state index is 0.0524. The third-order valence-electron chi connectivity index (χ3n) is 3.56. The van der Waals surface area contributed by atoms with Crippen LogP contribution in [0.5, 0.6) is 0 Å². The summed E-state index contributed by atoms with van der Waals surface area (Å²) in [7, 11) is 3.82. The molecule has 1 aliphatic rings. The molecule has 1 atom stereocenters. The van der Waals surface area contributed by atoms with Gasteiger partial charge in [0.25, 0.3) is 5.91 Å². The fourth-order valence-electron chi connectivity index (χ4n) is 2.25. The number of anilines is 1. The number of hydrogen-bond donors (Lipinski definition) is 2. The van der Waals surface area contributed by atoms with E-state index < -0.39 is 0 Å². The van der Waals surface area contributed by atoms with Crippen molar-refractivity contribution < 1.29 is 9.59 Å². The molecule has 1 unspecified atom stereocenters. The molecule has 0 saturated carbocycles. The van der Waals surface area contributed by atoms with E-state index in [4.69, 9.17) is 0 Å². The molecule has 5 nitrogen and oxygen atoms in total. The van der Waals surface area contributed by atoms with E-state index in [9.17, 15) is 9.59 Å². The Labute approximate surface area is 125 Å². The Hall–Kier alpha value is -2.30. The maximum atomic E-state index is 12.0. The van der Waals surface area contributed by atoms with Crippen molar-refractivity contribution in [2.75, 3.05) is 19.0 Å². The zero-order valence-electron chi connectivity index (χ0n) is 12.4. The van der Waals surface area contributed by atoms with Gasteiger partial charge in [0.05, 0.1) is 0 Å². The highest BCUT2D eigenvalue weighted by atomic mass is 16.2. The van der Waals surface area contributed by atoms with Gasteiger partial charge in [-0.25, -0.2) is 0 Å². The number of nitrogens with one attached hydrogen (secondary N) is 2. The molecule has 21 heavy (non-hydrogen) atoms. The molecule has 5 heteroatoms. The summed E-state index contributed by atoms with van der Waals surface area (Å²) in [6.45, 7) is 0. The van der Waals surface area contributed by atoms with Gasteiger partial charge in [-0.2, -0.15) is 0 Å². The van der Waals surface area contributed by atoms with Crippen LogP contribution in [0.3, 0.4) is 0 Å². The van der Waals surface area contributed by atoms with Gasteiger partial charge in [-0.15, -0.1) is 0 Å². The molecule has 2 rings (SSSR count). The first-order valence-corrected chi connectivity index (χ1v) is 7.10. The Kier molecular flexibility index (Phi) is 4.98. The summed E-state index contributed by atoms with van der Waals surface area (Å²) in [6, 6.07) is 7.24. The lowest BCUT2D eigenvalue weighted by molar-refractivity contribution is -0.126. The maximum Gasteiger partial charge on any atom is 0.269 e. The number of hydrogen-bond acceptors (Lipinski definition) is 3. The minimum atomic E-state index is -0.307. The summed E-state index contributed by atoms with van der Waals surface area (Å²) in [4.78, 5) is 25.9. The Morgan fingerprint density at radius 3 is 2.67 bits per heavy atom. The number of hydrazine groups is 1. The fourth-order valence-corrected chi connectivity index (χ4v) is 2.25. The molecule has 1 aromatic carbocycles. The van der Waals surface area contributed by atoms with E-state index in [0.29, 0.717) is 5.56 Å². The van der Waals surface area contributed by atoms with Crippen LogP contribution in [0.2, 0.25) is 0 Å². The van der Waals surface area contributed by atoms with Gasteiger partial charge < -0.3 is 4.90 Å². The molecular formula is C16H21N3O2. The van der Waals surface area contributed by atoms with Crippen LogP contribution in [0.25, 0.3) is 0 Å². The second-order valence-corrected chi connectivity index (χ2v) is 5.37. The van der Waals surface area contributed by atoms with E-state index >= 15 is 0 Å². The monoisotopic (exact) mass is 287 g/mol. The summed E-state index contributed by atoms with van der Waals surface area (Å²) in [5.74, 6) is -0.488. The Morgan fingerprint density at radius 2 is 2.00 bits per heavy atom. The standard InChI is InChI=1S/C16H21N3O2/c1-19(2)14-10-6-9-13(11-14)16(21)18-17-15(20)12-7-4-3-5-8-12/h3-4,6,9-12H,5,7-8H2,1-2H3,(H,17,20)(H,18,21). The largest absolute Gasteiger partial charge is 0.378 e. The van der Waals surface area contributed by atoms with E-state index in [0.717, 1.165) is 24.9 Å². The molecule has 0 radical (unpaired) electrons. The third kappa shape index (κ3) is 4.08. The first-order valence-electron chi connectivity index (χ1n) is 7.10. The lowest BCUT2D eigenvalue weighted by atomic mass is 9.94. The van der Waals surface area contributed by atoms with E-state index in [-0.39, 0.29) is 17.7 Å². The number of nitrogens with zero attached hydrogens (tertiary/aromatic N) is 1. The van der Waals surface area contributed by atoms with E-state index in [2.05, 4.69) is 16.9 Å². The van der Waals surface area contributed by atoms with Crippen LogP contribution < -0.4 is 15.8 Å². The maximum absolute atomic E-state index is 12.0. The first kappa shape index (κ1) is 15.1. The molecule has 0 aromatic heterocycles. The van der Waals surface area contributed by atoms with Crippen molar-refractivity contribution >= 4 is 17.5 Å². The van der Waals surface area contributed by atoms with Crippen molar-refractivity contribution in [1.29, 1.82) is 0 Å². The van der Waals surface area contributed by atoms with Gasteiger partial charge in [0, 0.05) is 31.3 Å². The molecule has 0 aliphatic heterocycles. The molecule has 1 aliphatic carbocycles. The van der Waals surface area contributed by atoms with Crippen molar-refractivity contribution in [2.24, 2.45) is 5.92 Å². The summed E-state index contributed by atoms with van der Waals surface area (Å²) >= 11 is 0. The number of amides is 2. The van der Waals surface area contributed by atoms with Crippen molar-refractivity contribution in [3.63, 3.8) is 0 Å². The normalized spacial score (nSPS) is 17.1. The van der Waals surface area contributed by atoms with Crippen LogP contribution in [0.4, 0.5) is 5.69 Å². The van der Waals surface area contributed by atoms with Crippen molar-refractivity contribution in [3.05, 3.63) is 42.0 Å². The van der Waals surface area contributed by atoms with Crippen molar-refractivity contribution in [2.45, 2.75) is 19.3 Å². The fraction of sp³-hybridized carbons (Fsp3) is 0.375. The summed E-state index contributed by atoms with van der Waals surface area (Å²) in [6.07, 6.45) is 6.56. The molecule has 0 spiro atoms. The van der Waals surface area contributed by atoms with Crippen LogP contribution in [-0.2, 0) is 4.79 Å². The molecule has 2 N–H and O–H groups in total. The Bertz CT molecular complexity index is 552. The predicted molar refractivity (Wildman–Crippen MR) is 82.9 cm³/mol. The highest BCUT2D eigenvalue weighted by molar-refractivity contribution is 5.96. The van der Waals surface area contributed by atoms with Gasteiger partial charge in [-0.3, -0.25) is 20.4 Å². The second-order valence-electron chi connectivity index (χ2n) is 5.37. The average molecular weight is 287 g/mol. The third-order valence-corrected chi connectivity index (χ3v) is 3.56. The smallest absolute Gasteiger partial charge is 0.269 e. The number of benzene rings is 1. The van der Waals surface area contributed by atoms with Gasteiger partial charge in [0.1, 0.15) is 0 Å².